The van der Waals surface area contributed by atoms with Crippen LogP contribution >= 0.6 is 0 Å². The Balaban J connectivity index is 2.38. The standard InChI is InChI=1S/C11H14N2O5/c1-2-18-11(17)5-3-4-6-7(12)9(14)13(6)8(5)10(15)16/h6-7H,2-4,12H2,1H3,(H,15,16)/t6-,7-/m0/s1. The number of carbonyl (C=O) groups excluding carboxylic acids is 2. The van der Waals surface area contributed by atoms with Crippen molar-refractivity contribution in [3.63, 3.8) is 0 Å². The molecule has 2 aliphatic heterocycles. The second kappa shape index (κ2) is 4.41. The summed E-state index contributed by atoms with van der Waals surface area (Å²) >= 11 is 0. The predicted molar refractivity (Wildman–Crippen MR) is 59.1 cm³/mol. The Morgan fingerprint density at radius 3 is 2.78 bits per heavy atom. The Bertz CT molecular complexity index is 456. The molecule has 98 valence electrons. The van der Waals surface area contributed by atoms with Gasteiger partial charge in [-0.05, 0) is 19.8 Å². The Morgan fingerprint density at radius 2 is 2.22 bits per heavy atom. The summed E-state index contributed by atoms with van der Waals surface area (Å²) in [6, 6.07) is -0.982. The van der Waals surface area contributed by atoms with Crippen LogP contribution in [0.2, 0.25) is 0 Å². The lowest BCUT2D eigenvalue weighted by atomic mass is 9.84. The third-order valence-corrected chi connectivity index (χ3v) is 3.21. The molecule has 18 heavy (non-hydrogen) atoms. The molecule has 0 aliphatic carbocycles. The summed E-state index contributed by atoms with van der Waals surface area (Å²) in [4.78, 5) is 35.6. The number of carboxylic acid groups (broad SMARTS) is 1. The molecule has 7 nitrogen and oxygen atoms in total. The summed E-state index contributed by atoms with van der Waals surface area (Å²) in [5.74, 6) is -2.44. The van der Waals surface area contributed by atoms with E-state index in [9.17, 15) is 14.4 Å². The van der Waals surface area contributed by atoms with Crippen molar-refractivity contribution in [2.75, 3.05) is 6.61 Å². The molecule has 1 fully saturated rings. The highest BCUT2D eigenvalue weighted by atomic mass is 16.5. The van der Waals surface area contributed by atoms with Gasteiger partial charge in [0.1, 0.15) is 11.7 Å². The number of aliphatic carboxylic acids is 1. The molecule has 2 aliphatic rings. The highest BCUT2D eigenvalue weighted by Crippen LogP contribution is 2.36. The van der Waals surface area contributed by atoms with Crippen LogP contribution in [0.5, 0.6) is 0 Å². The number of rotatable bonds is 3. The Labute approximate surface area is 103 Å². The van der Waals surface area contributed by atoms with Crippen LogP contribution in [0, 0.1) is 0 Å². The lowest BCUT2D eigenvalue weighted by molar-refractivity contribution is -0.154. The van der Waals surface area contributed by atoms with Gasteiger partial charge in [0, 0.05) is 0 Å². The topological polar surface area (TPSA) is 110 Å². The summed E-state index contributed by atoms with van der Waals surface area (Å²) in [6.07, 6.45) is 0.750. The van der Waals surface area contributed by atoms with Crippen LogP contribution in [0.1, 0.15) is 19.8 Å². The number of amides is 1. The van der Waals surface area contributed by atoms with Gasteiger partial charge in [-0.15, -0.1) is 0 Å². The van der Waals surface area contributed by atoms with E-state index in [4.69, 9.17) is 15.6 Å². The summed E-state index contributed by atoms with van der Waals surface area (Å²) in [7, 11) is 0. The maximum Gasteiger partial charge on any atom is 0.353 e. The van der Waals surface area contributed by atoms with Crippen molar-refractivity contribution in [3.8, 4) is 0 Å². The molecule has 2 atom stereocenters. The molecule has 0 saturated carbocycles. The lowest BCUT2D eigenvalue weighted by Gasteiger charge is -2.48. The van der Waals surface area contributed by atoms with E-state index in [0.717, 1.165) is 4.90 Å². The Kier molecular flexibility index (Phi) is 3.08. The average Bonchev–Trinajstić information content (AvgIpc) is 2.36. The van der Waals surface area contributed by atoms with E-state index in [1.165, 1.54) is 0 Å². The van der Waals surface area contributed by atoms with Crippen molar-refractivity contribution >= 4 is 17.8 Å². The highest BCUT2D eigenvalue weighted by molar-refractivity contribution is 6.05. The zero-order chi connectivity index (χ0) is 13.4. The predicted octanol–water partition coefficient (Wildman–Crippen LogP) is -0.780. The molecular formula is C11H14N2O5. The van der Waals surface area contributed by atoms with Gasteiger partial charge in [-0.1, -0.05) is 0 Å². The monoisotopic (exact) mass is 254 g/mol. The second-order valence-corrected chi connectivity index (χ2v) is 4.19. The zero-order valence-corrected chi connectivity index (χ0v) is 9.88. The van der Waals surface area contributed by atoms with Crippen molar-refractivity contribution in [1.82, 2.24) is 4.90 Å². The fourth-order valence-electron chi connectivity index (χ4n) is 2.36. The van der Waals surface area contributed by atoms with Gasteiger partial charge >= 0.3 is 11.9 Å². The number of nitrogens with two attached hydrogens (primary N) is 1. The van der Waals surface area contributed by atoms with Crippen LogP contribution in [0.25, 0.3) is 0 Å². The van der Waals surface area contributed by atoms with Gasteiger partial charge in [0.15, 0.2) is 0 Å². The Morgan fingerprint density at radius 1 is 1.56 bits per heavy atom. The van der Waals surface area contributed by atoms with Gasteiger partial charge < -0.3 is 15.6 Å². The molecule has 7 heteroatoms. The molecule has 0 aromatic heterocycles. The van der Waals surface area contributed by atoms with E-state index in [1.54, 1.807) is 6.92 Å². The van der Waals surface area contributed by atoms with Gasteiger partial charge in [0.2, 0.25) is 5.91 Å². The minimum absolute atomic E-state index is 0.0425. The first-order valence-corrected chi connectivity index (χ1v) is 5.71. The number of nitrogens with zero attached hydrogens (tertiary/aromatic N) is 1. The fourth-order valence-corrected chi connectivity index (χ4v) is 2.36. The van der Waals surface area contributed by atoms with Crippen LogP contribution in [0.15, 0.2) is 11.3 Å². The molecule has 2 rings (SSSR count). The highest BCUT2D eigenvalue weighted by Gasteiger charge is 2.51. The van der Waals surface area contributed by atoms with Crippen molar-refractivity contribution in [3.05, 3.63) is 11.3 Å². The lowest BCUT2D eigenvalue weighted by Crippen LogP contribution is -2.69. The summed E-state index contributed by atoms with van der Waals surface area (Å²) in [5.41, 5.74) is 5.36. The number of ether oxygens (including phenoxy) is 1. The molecule has 0 unspecified atom stereocenters. The van der Waals surface area contributed by atoms with Gasteiger partial charge in [0.25, 0.3) is 0 Å². The van der Waals surface area contributed by atoms with Crippen LogP contribution in [0.4, 0.5) is 0 Å². The number of fused-ring (bicyclic) bond motifs is 1. The fraction of sp³-hybridized carbons (Fsp3) is 0.545. The number of hydrogen-bond acceptors (Lipinski definition) is 5. The molecule has 3 N–H and O–H groups in total. The summed E-state index contributed by atoms with van der Waals surface area (Å²) < 4.78 is 4.80. The van der Waals surface area contributed by atoms with E-state index in [-0.39, 0.29) is 30.3 Å². The number of carbonyl (C=O) groups is 3. The minimum atomic E-state index is -1.30. The molecule has 0 radical (unpaired) electrons. The van der Waals surface area contributed by atoms with Crippen LogP contribution in [-0.4, -0.2) is 46.5 Å². The van der Waals surface area contributed by atoms with Gasteiger partial charge in [0.05, 0.1) is 18.2 Å². The molecule has 1 saturated heterocycles. The zero-order valence-electron chi connectivity index (χ0n) is 9.88. The number of esters is 1. The maximum atomic E-state index is 11.7. The third kappa shape index (κ3) is 1.67. The molecule has 0 bridgehead atoms. The summed E-state index contributed by atoms with van der Waals surface area (Å²) in [6.45, 7) is 1.79. The number of hydrogen-bond donors (Lipinski definition) is 2. The second-order valence-electron chi connectivity index (χ2n) is 4.19. The summed E-state index contributed by atoms with van der Waals surface area (Å²) in [5, 5.41) is 9.15. The van der Waals surface area contributed by atoms with E-state index in [1.807, 2.05) is 0 Å². The van der Waals surface area contributed by atoms with Gasteiger partial charge in [-0.3, -0.25) is 9.69 Å². The van der Waals surface area contributed by atoms with E-state index in [2.05, 4.69) is 0 Å². The number of β-lactam (4-membered cyclic amide) rings is 1. The largest absolute Gasteiger partial charge is 0.477 e. The van der Waals surface area contributed by atoms with E-state index >= 15 is 0 Å². The van der Waals surface area contributed by atoms with E-state index < -0.39 is 23.9 Å². The molecule has 0 aromatic carbocycles. The smallest absolute Gasteiger partial charge is 0.353 e. The van der Waals surface area contributed by atoms with Crippen LogP contribution < -0.4 is 5.73 Å². The van der Waals surface area contributed by atoms with Gasteiger partial charge in [-0.2, -0.15) is 0 Å². The van der Waals surface area contributed by atoms with Crippen molar-refractivity contribution in [1.29, 1.82) is 0 Å². The molecule has 0 spiro atoms. The molecular weight excluding hydrogens is 240 g/mol. The van der Waals surface area contributed by atoms with Gasteiger partial charge in [-0.25, -0.2) is 9.59 Å². The first-order chi connectivity index (χ1) is 8.49. The Hall–Kier alpha value is -1.89. The normalized spacial score (nSPS) is 26.6. The molecule has 2 heterocycles. The SMILES string of the molecule is CCOC(=O)C1=C(C(=O)O)N2C(=O)[C@@H](N)[C@@H]2CC1. The van der Waals surface area contributed by atoms with Crippen molar-refractivity contribution in [2.24, 2.45) is 5.73 Å². The first-order valence-electron chi connectivity index (χ1n) is 5.71. The average molecular weight is 254 g/mol. The van der Waals surface area contributed by atoms with Crippen molar-refractivity contribution < 1.29 is 24.2 Å². The van der Waals surface area contributed by atoms with Crippen LogP contribution in [-0.2, 0) is 19.1 Å². The molecule has 1 amide bonds. The molecule has 0 aromatic rings. The quantitative estimate of drug-likeness (QED) is 0.505. The van der Waals surface area contributed by atoms with Crippen LogP contribution in [0.3, 0.4) is 0 Å². The third-order valence-electron chi connectivity index (χ3n) is 3.21. The number of carboxylic acids is 1. The first kappa shape index (κ1) is 12.6. The maximum absolute atomic E-state index is 11.7. The minimum Gasteiger partial charge on any atom is -0.477 e. The van der Waals surface area contributed by atoms with E-state index in [0.29, 0.717) is 6.42 Å². The van der Waals surface area contributed by atoms with Crippen molar-refractivity contribution in [2.45, 2.75) is 31.8 Å².